The van der Waals surface area contributed by atoms with Crippen molar-refractivity contribution < 1.29 is 0 Å². The van der Waals surface area contributed by atoms with Crippen molar-refractivity contribution in [3.8, 4) is 0 Å². The van der Waals surface area contributed by atoms with E-state index in [4.69, 9.17) is 11.6 Å². The Hall–Kier alpha value is -1.30. The third-order valence-corrected chi connectivity index (χ3v) is 6.45. The van der Waals surface area contributed by atoms with Crippen molar-refractivity contribution in [1.29, 1.82) is 0 Å². The van der Waals surface area contributed by atoms with E-state index in [9.17, 15) is 0 Å². The molecule has 156 valence electrons. The fourth-order valence-corrected chi connectivity index (χ4v) is 4.20. The fraction of sp³-hybridized carbons (Fsp3) is 0.682. The molecule has 5 nitrogen and oxygen atoms in total. The highest BCUT2D eigenvalue weighted by Gasteiger charge is 2.44. The molecular formula is C22H36ClN5. The summed E-state index contributed by atoms with van der Waals surface area (Å²) in [7, 11) is 1.85. The summed E-state index contributed by atoms with van der Waals surface area (Å²) in [5.74, 6) is 0.907. The van der Waals surface area contributed by atoms with Crippen molar-refractivity contribution >= 4 is 17.6 Å². The van der Waals surface area contributed by atoms with E-state index < -0.39 is 0 Å². The van der Waals surface area contributed by atoms with Gasteiger partial charge in [0.05, 0.1) is 0 Å². The summed E-state index contributed by atoms with van der Waals surface area (Å²) >= 11 is 6.18. The zero-order valence-electron chi connectivity index (χ0n) is 17.5. The lowest BCUT2D eigenvalue weighted by atomic mass is 9.96. The van der Waals surface area contributed by atoms with Crippen LogP contribution in [0, 0.1) is 0 Å². The predicted octanol–water partition coefficient (Wildman–Crippen LogP) is 2.95. The molecular weight excluding hydrogens is 370 g/mol. The fourth-order valence-electron chi connectivity index (χ4n) is 4.01. The number of hydrogen-bond acceptors (Lipinski definition) is 3. The van der Waals surface area contributed by atoms with Gasteiger partial charge in [-0.05, 0) is 56.5 Å². The average molecular weight is 406 g/mol. The minimum Gasteiger partial charge on any atom is -0.356 e. The monoisotopic (exact) mass is 405 g/mol. The Bertz CT molecular complexity index is 636. The van der Waals surface area contributed by atoms with Gasteiger partial charge in [-0.15, -0.1) is 0 Å². The molecule has 0 atom stereocenters. The van der Waals surface area contributed by atoms with Crippen molar-refractivity contribution in [3.05, 3.63) is 34.9 Å². The molecule has 28 heavy (non-hydrogen) atoms. The molecule has 1 saturated heterocycles. The molecule has 0 radical (unpaired) electrons. The first-order chi connectivity index (χ1) is 13.6. The van der Waals surface area contributed by atoms with E-state index in [1.165, 1.54) is 70.5 Å². The number of rotatable bonds is 9. The number of unbranched alkanes of at least 4 members (excludes halogenated alkanes) is 1. The molecule has 2 N–H and O–H groups in total. The lowest BCUT2D eigenvalue weighted by Crippen LogP contribution is -2.46. The van der Waals surface area contributed by atoms with Crippen molar-refractivity contribution in [3.63, 3.8) is 0 Å². The number of guanidine groups is 1. The zero-order valence-corrected chi connectivity index (χ0v) is 18.3. The van der Waals surface area contributed by atoms with E-state index in [1.54, 1.807) is 0 Å². The van der Waals surface area contributed by atoms with Gasteiger partial charge in [0, 0.05) is 56.8 Å². The van der Waals surface area contributed by atoms with Crippen LogP contribution in [-0.4, -0.2) is 75.2 Å². The van der Waals surface area contributed by atoms with E-state index in [-0.39, 0.29) is 5.41 Å². The number of nitrogens with zero attached hydrogens (tertiary/aromatic N) is 3. The van der Waals surface area contributed by atoms with Crippen LogP contribution < -0.4 is 10.6 Å². The molecule has 0 aromatic heterocycles. The molecule has 0 bridgehead atoms. The van der Waals surface area contributed by atoms with Gasteiger partial charge in [-0.3, -0.25) is 4.99 Å². The van der Waals surface area contributed by atoms with E-state index in [0.29, 0.717) is 0 Å². The summed E-state index contributed by atoms with van der Waals surface area (Å²) in [5, 5.41) is 7.82. The lowest BCUT2D eigenvalue weighted by Gasteiger charge is -2.34. The normalized spacial score (nSPS) is 20.2. The van der Waals surface area contributed by atoms with Crippen LogP contribution in [0.1, 0.15) is 38.2 Å². The molecule has 1 aromatic carbocycles. The number of aliphatic imine (C=N–C) groups is 1. The summed E-state index contributed by atoms with van der Waals surface area (Å²) in [6, 6.07) is 8.29. The molecule has 1 heterocycles. The molecule has 3 rings (SSSR count). The third kappa shape index (κ3) is 6.10. The number of nitrogens with one attached hydrogen (secondary N) is 2. The maximum absolute atomic E-state index is 6.18. The summed E-state index contributed by atoms with van der Waals surface area (Å²) in [6.07, 6.45) is 4.84. The minimum atomic E-state index is 0.225. The van der Waals surface area contributed by atoms with Crippen LogP contribution in [0.15, 0.2) is 29.3 Å². The van der Waals surface area contributed by atoms with Crippen LogP contribution in [-0.2, 0) is 5.41 Å². The van der Waals surface area contributed by atoms with Crippen molar-refractivity contribution in [2.45, 2.75) is 38.0 Å². The molecule has 1 aliphatic carbocycles. The van der Waals surface area contributed by atoms with Gasteiger partial charge in [-0.1, -0.05) is 30.7 Å². The molecule has 6 heteroatoms. The SMILES string of the molecule is CCN1CCN(CCCCNC(=NC)NCC2(c3cccc(Cl)c3)CC2)CC1. The topological polar surface area (TPSA) is 42.9 Å². The Balaban J connectivity index is 1.31. The molecule has 1 aromatic rings. The van der Waals surface area contributed by atoms with Gasteiger partial charge in [-0.25, -0.2) is 0 Å². The first-order valence-electron chi connectivity index (χ1n) is 10.8. The second-order valence-corrected chi connectivity index (χ2v) is 8.56. The highest BCUT2D eigenvalue weighted by atomic mass is 35.5. The summed E-state index contributed by atoms with van der Waals surface area (Å²) in [6.45, 7) is 11.4. The summed E-state index contributed by atoms with van der Waals surface area (Å²) < 4.78 is 0. The molecule has 2 aliphatic rings. The Morgan fingerprint density at radius 1 is 1.11 bits per heavy atom. The highest BCUT2D eigenvalue weighted by molar-refractivity contribution is 6.30. The largest absolute Gasteiger partial charge is 0.356 e. The first kappa shape index (κ1) is 21.4. The lowest BCUT2D eigenvalue weighted by molar-refractivity contribution is 0.136. The predicted molar refractivity (Wildman–Crippen MR) is 120 cm³/mol. The van der Waals surface area contributed by atoms with E-state index in [0.717, 1.165) is 24.1 Å². The first-order valence-corrected chi connectivity index (χ1v) is 11.2. The van der Waals surface area contributed by atoms with Gasteiger partial charge in [0.15, 0.2) is 5.96 Å². The van der Waals surface area contributed by atoms with Crippen LogP contribution in [0.2, 0.25) is 5.02 Å². The molecule has 1 aliphatic heterocycles. The number of halogens is 1. The number of benzene rings is 1. The number of likely N-dealkylation sites (N-methyl/N-ethyl adjacent to an activating group) is 1. The Morgan fingerprint density at radius 3 is 2.50 bits per heavy atom. The van der Waals surface area contributed by atoms with Gasteiger partial charge < -0.3 is 20.4 Å². The Kier molecular flexibility index (Phi) is 8.00. The second-order valence-electron chi connectivity index (χ2n) is 8.13. The van der Waals surface area contributed by atoms with Crippen LogP contribution in [0.25, 0.3) is 0 Å². The average Bonchev–Trinajstić information content (AvgIpc) is 3.52. The number of hydrogen-bond donors (Lipinski definition) is 2. The van der Waals surface area contributed by atoms with E-state index >= 15 is 0 Å². The maximum Gasteiger partial charge on any atom is 0.191 e. The molecule has 0 amide bonds. The van der Waals surface area contributed by atoms with Crippen LogP contribution in [0.4, 0.5) is 0 Å². The van der Waals surface area contributed by atoms with Gasteiger partial charge in [0.25, 0.3) is 0 Å². The summed E-state index contributed by atoms with van der Waals surface area (Å²) in [4.78, 5) is 9.52. The zero-order chi connectivity index (χ0) is 19.8. The van der Waals surface area contributed by atoms with E-state index in [2.05, 4.69) is 44.5 Å². The number of piperazine rings is 1. The van der Waals surface area contributed by atoms with Crippen LogP contribution in [0.5, 0.6) is 0 Å². The van der Waals surface area contributed by atoms with Gasteiger partial charge >= 0.3 is 0 Å². The quantitative estimate of drug-likeness (QED) is 0.376. The van der Waals surface area contributed by atoms with Crippen molar-refractivity contribution in [2.75, 3.05) is 59.4 Å². The molecule has 0 unspecified atom stereocenters. The standard InChI is InChI=1S/C22H36ClN5/c1-3-27-13-15-28(16-14-27)12-5-4-11-25-21(24-2)26-18-22(9-10-22)19-7-6-8-20(23)17-19/h6-8,17H,3-5,9-16,18H2,1-2H3,(H2,24,25,26). The summed E-state index contributed by atoms with van der Waals surface area (Å²) in [5.41, 5.74) is 1.56. The molecule has 0 spiro atoms. The van der Waals surface area contributed by atoms with E-state index in [1.807, 2.05) is 19.2 Å². The smallest absolute Gasteiger partial charge is 0.191 e. The molecule has 2 fully saturated rings. The second kappa shape index (κ2) is 10.5. The van der Waals surface area contributed by atoms with Gasteiger partial charge in [-0.2, -0.15) is 0 Å². The van der Waals surface area contributed by atoms with Crippen LogP contribution >= 0.6 is 11.6 Å². The Labute approximate surface area is 175 Å². The van der Waals surface area contributed by atoms with Crippen molar-refractivity contribution in [2.24, 2.45) is 4.99 Å². The highest BCUT2D eigenvalue weighted by Crippen LogP contribution is 2.48. The third-order valence-electron chi connectivity index (χ3n) is 6.21. The molecule has 1 saturated carbocycles. The minimum absolute atomic E-state index is 0.225. The van der Waals surface area contributed by atoms with Crippen LogP contribution in [0.3, 0.4) is 0 Å². The van der Waals surface area contributed by atoms with Crippen molar-refractivity contribution in [1.82, 2.24) is 20.4 Å². The van der Waals surface area contributed by atoms with Gasteiger partial charge in [0.2, 0.25) is 0 Å². The maximum atomic E-state index is 6.18. The van der Waals surface area contributed by atoms with Gasteiger partial charge in [0.1, 0.15) is 0 Å². The Morgan fingerprint density at radius 2 is 1.86 bits per heavy atom.